The molecule has 0 unspecified atom stereocenters. The van der Waals surface area contributed by atoms with Gasteiger partial charge in [0.05, 0.1) is 25.6 Å². The van der Waals surface area contributed by atoms with Crippen LogP contribution in [0.2, 0.25) is 5.02 Å². The number of aliphatic carboxylic acids is 2. The fourth-order valence-corrected chi connectivity index (χ4v) is 4.72. The molecule has 29 heavy (non-hydrogen) atoms. The van der Waals surface area contributed by atoms with Gasteiger partial charge in [0.1, 0.15) is 18.0 Å². The maximum Gasteiger partial charge on any atom is 0.390 e. The maximum absolute atomic E-state index is 11.9. The molecule has 2 aliphatic rings. The number of carboxylic acids is 2. The van der Waals surface area contributed by atoms with Gasteiger partial charge in [0.15, 0.2) is 5.60 Å². The number of likely N-dealkylation sites (N-methyl/N-ethyl adjacent to an activating group) is 1. The molecule has 1 saturated heterocycles. The molecule has 2 heterocycles. The molecule has 2 aromatic rings. The largest absolute Gasteiger partial charge is 0.478 e. The minimum Gasteiger partial charge on any atom is -0.478 e. The second-order valence-corrected chi connectivity index (χ2v) is 8.10. The number of likely N-dealkylation sites (tertiary alicyclic amines) is 1. The van der Waals surface area contributed by atoms with Gasteiger partial charge in [-0.3, -0.25) is 4.48 Å². The average molecular weight is 417 g/mol. The van der Waals surface area contributed by atoms with E-state index in [0.29, 0.717) is 28.2 Å². The number of ether oxygens (including phenoxy) is 1. The topological polar surface area (TPSA) is 104 Å². The van der Waals surface area contributed by atoms with Crippen LogP contribution in [0.4, 0.5) is 0 Å². The Morgan fingerprint density at radius 1 is 1.21 bits per heavy atom. The fourth-order valence-electron chi connectivity index (χ4n) is 4.55. The van der Waals surface area contributed by atoms with E-state index < -0.39 is 23.5 Å². The minimum absolute atomic E-state index is 0.0475. The van der Waals surface area contributed by atoms with Crippen molar-refractivity contribution in [3.8, 4) is 11.5 Å². The van der Waals surface area contributed by atoms with Crippen LogP contribution in [0.5, 0.6) is 11.5 Å². The molecule has 8 heteroatoms. The zero-order valence-corrected chi connectivity index (χ0v) is 16.3. The molecule has 3 N–H and O–H groups in total. The van der Waals surface area contributed by atoms with Crippen molar-refractivity contribution in [1.29, 1.82) is 0 Å². The molecule has 0 radical (unpaired) electrons. The van der Waals surface area contributed by atoms with Gasteiger partial charge in [-0.1, -0.05) is 29.8 Å². The van der Waals surface area contributed by atoms with Crippen LogP contribution in [-0.4, -0.2) is 51.9 Å². The lowest BCUT2D eigenvalue weighted by molar-refractivity contribution is -0.860. The summed E-state index contributed by atoms with van der Waals surface area (Å²) in [5.41, 5.74) is -0.632. The van der Waals surface area contributed by atoms with E-state index in [9.17, 15) is 24.9 Å². The van der Waals surface area contributed by atoms with E-state index in [4.69, 9.17) is 16.3 Å². The van der Waals surface area contributed by atoms with Crippen LogP contribution in [0.15, 0.2) is 54.2 Å². The van der Waals surface area contributed by atoms with E-state index >= 15 is 0 Å². The van der Waals surface area contributed by atoms with Crippen LogP contribution < -0.4 is 4.74 Å². The van der Waals surface area contributed by atoms with Crippen LogP contribution in [-0.2, 0) is 15.2 Å². The summed E-state index contributed by atoms with van der Waals surface area (Å²) in [5, 5.41) is 31.2. The SMILES string of the molecule is C[N@+]1(/C(=C\C(=O)O)C(=O)O)C[C@@H]2c3ccccc3Oc3ccc(Cl)cc3[C@]2(O)C1. The van der Waals surface area contributed by atoms with Gasteiger partial charge in [-0.05, 0) is 24.3 Å². The molecular weight excluding hydrogens is 398 g/mol. The summed E-state index contributed by atoms with van der Waals surface area (Å²) in [6.45, 7) is 0.127. The highest BCUT2D eigenvalue weighted by Gasteiger charge is 2.60. The number of nitrogens with zero attached hydrogens (tertiary/aromatic N) is 1. The standard InChI is InChI=1S/C21H18ClNO6/c1-23(16(20(26)27)9-19(24)25)10-15-13-4-2-3-5-17(13)29-18-7-6-12(22)8-14(18)21(15,28)11-23/h2-9,15,28H,10-11H2,1H3,(H-,24,25,26,27)/p+1/b16-9-/t15-,21-,23+/m1/s1. The summed E-state index contributed by atoms with van der Waals surface area (Å²) in [7, 11) is 1.61. The van der Waals surface area contributed by atoms with Crippen molar-refractivity contribution in [2.45, 2.75) is 11.5 Å². The molecule has 7 nitrogen and oxygen atoms in total. The Morgan fingerprint density at radius 2 is 1.93 bits per heavy atom. The number of rotatable bonds is 3. The summed E-state index contributed by atoms with van der Waals surface area (Å²) >= 11 is 6.19. The molecule has 2 aliphatic heterocycles. The van der Waals surface area contributed by atoms with Crippen molar-refractivity contribution < 1.29 is 34.1 Å². The number of hydrogen-bond acceptors (Lipinski definition) is 4. The van der Waals surface area contributed by atoms with Crippen LogP contribution in [0.25, 0.3) is 0 Å². The Kier molecular flexibility index (Phi) is 4.42. The number of carbonyl (C=O) groups is 2. The number of halogens is 1. The first kappa shape index (κ1) is 19.4. The molecule has 0 bridgehead atoms. The lowest BCUT2D eigenvalue weighted by Gasteiger charge is -2.31. The highest BCUT2D eigenvalue weighted by atomic mass is 35.5. The van der Waals surface area contributed by atoms with E-state index in [1.807, 2.05) is 18.2 Å². The fraction of sp³-hybridized carbons (Fsp3) is 0.238. The summed E-state index contributed by atoms with van der Waals surface area (Å²) in [5.74, 6) is -2.23. The highest BCUT2D eigenvalue weighted by molar-refractivity contribution is 6.30. The molecule has 0 saturated carbocycles. The summed E-state index contributed by atoms with van der Waals surface area (Å²) in [4.78, 5) is 23.1. The summed E-state index contributed by atoms with van der Waals surface area (Å²) in [6.07, 6.45) is 0.693. The monoisotopic (exact) mass is 416 g/mol. The van der Waals surface area contributed by atoms with Crippen molar-refractivity contribution in [2.24, 2.45) is 0 Å². The minimum atomic E-state index is -1.51. The van der Waals surface area contributed by atoms with E-state index in [-0.39, 0.29) is 23.3 Å². The van der Waals surface area contributed by atoms with E-state index in [1.165, 1.54) is 0 Å². The number of aliphatic hydroxyl groups is 1. The van der Waals surface area contributed by atoms with Crippen LogP contribution in [0.3, 0.4) is 0 Å². The van der Waals surface area contributed by atoms with Crippen LogP contribution >= 0.6 is 11.6 Å². The third kappa shape index (κ3) is 3.07. The molecule has 3 atom stereocenters. The number of para-hydroxylation sites is 1. The third-order valence-electron chi connectivity index (χ3n) is 5.74. The molecule has 0 spiro atoms. The number of fused-ring (bicyclic) bond motifs is 5. The van der Waals surface area contributed by atoms with E-state index in [1.54, 1.807) is 31.3 Å². The summed E-state index contributed by atoms with van der Waals surface area (Å²) < 4.78 is 5.79. The second-order valence-electron chi connectivity index (χ2n) is 7.67. The van der Waals surface area contributed by atoms with Crippen molar-refractivity contribution in [3.63, 3.8) is 0 Å². The van der Waals surface area contributed by atoms with Crippen molar-refractivity contribution in [1.82, 2.24) is 0 Å². The van der Waals surface area contributed by atoms with Crippen LogP contribution in [0, 0.1) is 0 Å². The molecule has 150 valence electrons. The Labute approximate surface area is 171 Å². The first-order valence-electron chi connectivity index (χ1n) is 8.96. The Hall–Kier alpha value is -2.87. The van der Waals surface area contributed by atoms with Gasteiger partial charge in [0, 0.05) is 16.1 Å². The lowest BCUT2D eigenvalue weighted by Crippen LogP contribution is -2.46. The van der Waals surface area contributed by atoms with Gasteiger partial charge in [0.2, 0.25) is 5.70 Å². The second kappa shape index (κ2) is 6.59. The first-order valence-corrected chi connectivity index (χ1v) is 9.34. The van der Waals surface area contributed by atoms with Crippen molar-refractivity contribution in [2.75, 3.05) is 20.1 Å². The molecule has 1 fully saturated rings. The van der Waals surface area contributed by atoms with E-state index in [2.05, 4.69) is 0 Å². The number of hydrogen-bond donors (Lipinski definition) is 3. The predicted octanol–water partition coefficient (Wildman–Crippen LogP) is 2.93. The highest BCUT2D eigenvalue weighted by Crippen LogP contribution is 2.55. The third-order valence-corrected chi connectivity index (χ3v) is 5.97. The first-order chi connectivity index (χ1) is 13.6. The Morgan fingerprint density at radius 3 is 2.62 bits per heavy atom. The molecule has 0 aromatic heterocycles. The van der Waals surface area contributed by atoms with Crippen LogP contribution in [0.1, 0.15) is 17.0 Å². The number of carboxylic acid groups (broad SMARTS) is 2. The lowest BCUT2D eigenvalue weighted by atomic mass is 9.80. The van der Waals surface area contributed by atoms with Crippen molar-refractivity contribution >= 4 is 23.5 Å². The molecular formula is C21H19ClNO6+. The van der Waals surface area contributed by atoms with Gasteiger partial charge in [-0.2, -0.15) is 0 Å². The quantitative estimate of drug-likeness (QED) is 0.525. The number of benzene rings is 2. The van der Waals surface area contributed by atoms with Gasteiger partial charge in [-0.25, -0.2) is 9.59 Å². The van der Waals surface area contributed by atoms with Gasteiger partial charge in [-0.15, -0.1) is 0 Å². The molecule has 0 aliphatic carbocycles. The maximum atomic E-state index is 11.9. The van der Waals surface area contributed by atoms with Gasteiger partial charge >= 0.3 is 11.9 Å². The Bertz CT molecular complexity index is 1070. The van der Waals surface area contributed by atoms with Gasteiger partial charge < -0.3 is 20.1 Å². The number of quaternary nitrogens is 1. The average Bonchev–Trinajstić information content (AvgIpc) is 2.89. The normalized spacial score (nSPS) is 27.8. The zero-order valence-electron chi connectivity index (χ0n) is 15.5. The zero-order chi connectivity index (χ0) is 21.0. The molecule has 2 aromatic carbocycles. The van der Waals surface area contributed by atoms with Crippen molar-refractivity contribution in [3.05, 3.63) is 70.4 Å². The Balaban J connectivity index is 1.95. The summed E-state index contributed by atoms with van der Waals surface area (Å²) in [6, 6.07) is 12.2. The molecule has 0 amide bonds. The smallest absolute Gasteiger partial charge is 0.390 e. The van der Waals surface area contributed by atoms with Gasteiger partial charge in [0.25, 0.3) is 0 Å². The molecule has 4 rings (SSSR count). The van der Waals surface area contributed by atoms with E-state index in [0.717, 1.165) is 5.56 Å². The predicted molar refractivity (Wildman–Crippen MR) is 104 cm³/mol.